The summed E-state index contributed by atoms with van der Waals surface area (Å²) in [6.45, 7) is 8.28. The minimum atomic E-state index is -0.736. The Hall–Kier alpha value is -0.570. The number of carbonyl (C=O) groups is 1. The molecule has 0 aliphatic heterocycles. The van der Waals surface area contributed by atoms with Crippen LogP contribution in [0.5, 0.6) is 0 Å². The molecule has 1 aliphatic rings. The lowest BCUT2D eigenvalue weighted by molar-refractivity contribution is -0.147. The number of hydrogen-bond donors (Lipinski definition) is 2. The van der Waals surface area contributed by atoms with Gasteiger partial charge in [-0.25, -0.2) is 0 Å². The number of carboxylic acid groups (broad SMARTS) is 1. The molecule has 3 heteroatoms. The van der Waals surface area contributed by atoms with Crippen LogP contribution in [0.3, 0.4) is 0 Å². The van der Waals surface area contributed by atoms with Gasteiger partial charge in [-0.15, -0.1) is 0 Å². The Morgan fingerprint density at radius 1 is 1.22 bits per heavy atom. The first kappa shape index (κ1) is 15.5. The van der Waals surface area contributed by atoms with Crippen LogP contribution >= 0.6 is 0 Å². The van der Waals surface area contributed by atoms with Crippen molar-refractivity contribution in [1.82, 2.24) is 0 Å². The van der Waals surface area contributed by atoms with Gasteiger partial charge in [0.05, 0.1) is 12.0 Å². The second kappa shape index (κ2) is 6.55. The van der Waals surface area contributed by atoms with Crippen molar-refractivity contribution in [3.8, 4) is 0 Å². The van der Waals surface area contributed by atoms with Gasteiger partial charge in [0, 0.05) is 0 Å². The molecule has 1 fully saturated rings. The minimum absolute atomic E-state index is 0.223. The van der Waals surface area contributed by atoms with Crippen molar-refractivity contribution in [3.05, 3.63) is 0 Å². The molecule has 18 heavy (non-hydrogen) atoms. The number of aliphatic carboxylic acids is 1. The van der Waals surface area contributed by atoms with Gasteiger partial charge in [0.25, 0.3) is 0 Å². The van der Waals surface area contributed by atoms with E-state index in [0.29, 0.717) is 24.2 Å². The number of carboxylic acids is 1. The summed E-state index contributed by atoms with van der Waals surface area (Å²) >= 11 is 0. The lowest BCUT2D eigenvalue weighted by Crippen LogP contribution is -2.37. The van der Waals surface area contributed by atoms with E-state index in [4.69, 9.17) is 0 Å². The molecule has 1 rings (SSSR count). The Balaban J connectivity index is 2.86. The Kier molecular flexibility index (Phi) is 5.64. The van der Waals surface area contributed by atoms with Crippen LogP contribution in [0.15, 0.2) is 0 Å². The summed E-state index contributed by atoms with van der Waals surface area (Å²) in [4.78, 5) is 11.5. The molecule has 0 radical (unpaired) electrons. The van der Waals surface area contributed by atoms with Gasteiger partial charge in [-0.1, -0.05) is 27.2 Å². The third-order valence-corrected chi connectivity index (χ3v) is 4.50. The van der Waals surface area contributed by atoms with E-state index in [1.165, 1.54) is 6.42 Å². The van der Waals surface area contributed by atoms with E-state index in [2.05, 4.69) is 20.8 Å². The Labute approximate surface area is 111 Å². The molecule has 106 valence electrons. The fourth-order valence-electron chi connectivity index (χ4n) is 3.56. The molecule has 5 unspecified atom stereocenters. The van der Waals surface area contributed by atoms with Crippen LogP contribution in [-0.2, 0) is 4.79 Å². The molecule has 2 N–H and O–H groups in total. The normalized spacial score (nSPS) is 32.2. The molecule has 3 nitrogen and oxygen atoms in total. The smallest absolute Gasteiger partial charge is 0.306 e. The molecular weight excluding hydrogens is 228 g/mol. The van der Waals surface area contributed by atoms with Crippen molar-refractivity contribution < 1.29 is 15.0 Å². The summed E-state index contributed by atoms with van der Waals surface area (Å²) in [5, 5.41) is 19.0. The highest BCUT2D eigenvalue weighted by atomic mass is 16.4. The highest BCUT2D eigenvalue weighted by Crippen LogP contribution is 2.43. The number of hydrogen-bond acceptors (Lipinski definition) is 2. The van der Waals surface area contributed by atoms with Crippen molar-refractivity contribution in [1.29, 1.82) is 0 Å². The second-order valence-corrected chi connectivity index (χ2v) is 6.52. The molecule has 0 bridgehead atoms. The summed E-state index contributed by atoms with van der Waals surface area (Å²) in [5.74, 6) is 0.724. The Morgan fingerprint density at radius 2 is 1.83 bits per heavy atom. The van der Waals surface area contributed by atoms with Crippen LogP contribution in [0, 0.1) is 29.6 Å². The Morgan fingerprint density at radius 3 is 2.28 bits per heavy atom. The summed E-state index contributed by atoms with van der Waals surface area (Å²) in [5.41, 5.74) is 0. The molecule has 0 spiro atoms. The van der Waals surface area contributed by atoms with E-state index in [1.807, 2.05) is 0 Å². The van der Waals surface area contributed by atoms with Gasteiger partial charge in [-0.2, -0.15) is 0 Å². The van der Waals surface area contributed by atoms with Gasteiger partial charge < -0.3 is 10.2 Å². The van der Waals surface area contributed by atoms with Crippen molar-refractivity contribution in [2.24, 2.45) is 29.6 Å². The summed E-state index contributed by atoms with van der Waals surface area (Å²) < 4.78 is 0. The predicted molar refractivity (Wildman–Crippen MR) is 72.3 cm³/mol. The lowest BCUT2D eigenvalue weighted by atomic mass is 9.64. The van der Waals surface area contributed by atoms with E-state index < -0.39 is 12.1 Å². The first-order valence-electron chi connectivity index (χ1n) is 7.23. The van der Waals surface area contributed by atoms with E-state index >= 15 is 0 Å². The zero-order chi connectivity index (χ0) is 13.9. The van der Waals surface area contributed by atoms with E-state index in [-0.39, 0.29) is 11.8 Å². The van der Waals surface area contributed by atoms with Crippen molar-refractivity contribution >= 4 is 5.97 Å². The Bertz CT molecular complexity index is 273. The van der Waals surface area contributed by atoms with Gasteiger partial charge in [-0.3, -0.25) is 4.79 Å². The molecule has 0 heterocycles. The molecule has 0 aromatic rings. The standard InChI is InChI=1S/C15H28O3/c1-9(2)12-6-5-10(3)7-13(12)14(15(17)18)8-11(4)16/h9-14,16H,5-8H2,1-4H3,(H,17,18). The average molecular weight is 256 g/mol. The molecule has 0 aromatic carbocycles. The number of aliphatic hydroxyl groups excluding tert-OH is 1. The van der Waals surface area contributed by atoms with Gasteiger partial charge in [-0.05, 0) is 49.9 Å². The van der Waals surface area contributed by atoms with Crippen LogP contribution in [-0.4, -0.2) is 22.3 Å². The largest absolute Gasteiger partial charge is 0.481 e. The maximum absolute atomic E-state index is 11.5. The molecule has 5 atom stereocenters. The van der Waals surface area contributed by atoms with E-state index in [9.17, 15) is 15.0 Å². The molecule has 1 saturated carbocycles. The number of rotatable bonds is 5. The summed E-state index contributed by atoms with van der Waals surface area (Å²) in [6, 6.07) is 0. The highest BCUT2D eigenvalue weighted by Gasteiger charge is 2.39. The van der Waals surface area contributed by atoms with Crippen LogP contribution in [0.2, 0.25) is 0 Å². The zero-order valence-corrected chi connectivity index (χ0v) is 12.1. The SMILES string of the molecule is CC(O)CC(C(=O)O)C1CC(C)CCC1C(C)C. The van der Waals surface area contributed by atoms with Crippen LogP contribution in [0.25, 0.3) is 0 Å². The van der Waals surface area contributed by atoms with Gasteiger partial charge in [0.2, 0.25) is 0 Å². The summed E-state index contributed by atoms with van der Waals surface area (Å²) in [6.07, 6.45) is 3.19. The minimum Gasteiger partial charge on any atom is -0.481 e. The summed E-state index contributed by atoms with van der Waals surface area (Å²) in [7, 11) is 0. The van der Waals surface area contributed by atoms with Crippen molar-refractivity contribution in [2.75, 3.05) is 0 Å². The monoisotopic (exact) mass is 256 g/mol. The third-order valence-electron chi connectivity index (χ3n) is 4.50. The zero-order valence-electron chi connectivity index (χ0n) is 12.1. The molecule has 1 aliphatic carbocycles. The van der Waals surface area contributed by atoms with E-state index in [1.54, 1.807) is 6.92 Å². The third kappa shape index (κ3) is 3.98. The molecule has 0 aromatic heterocycles. The van der Waals surface area contributed by atoms with Gasteiger partial charge in [0.15, 0.2) is 0 Å². The maximum Gasteiger partial charge on any atom is 0.306 e. The van der Waals surface area contributed by atoms with Crippen LogP contribution < -0.4 is 0 Å². The average Bonchev–Trinajstić information content (AvgIpc) is 2.24. The first-order valence-corrected chi connectivity index (χ1v) is 7.23. The molecule has 0 saturated heterocycles. The van der Waals surface area contributed by atoms with Crippen molar-refractivity contribution in [2.45, 2.75) is 59.5 Å². The van der Waals surface area contributed by atoms with Gasteiger partial charge >= 0.3 is 5.97 Å². The fourth-order valence-corrected chi connectivity index (χ4v) is 3.56. The fraction of sp³-hybridized carbons (Fsp3) is 0.933. The maximum atomic E-state index is 11.5. The highest BCUT2D eigenvalue weighted by molar-refractivity contribution is 5.70. The topological polar surface area (TPSA) is 57.5 Å². The van der Waals surface area contributed by atoms with E-state index in [0.717, 1.165) is 12.8 Å². The van der Waals surface area contributed by atoms with Crippen LogP contribution in [0.4, 0.5) is 0 Å². The second-order valence-electron chi connectivity index (χ2n) is 6.52. The predicted octanol–water partition coefficient (Wildman–Crippen LogP) is 3.17. The lowest BCUT2D eigenvalue weighted by Gasteiger charge is -2.40. The quantitative estimate of drug-likeness (QED) is 0.794. The van der Waals surface area contributed by atoms with Crippen molar-refractivity contribution in [3.63, 3.8) is 0 Å². The van der Waals surface area contributed by atoms with Gasteiger partial charge in [0.1, 0.15) is 0 Å². The number of aliphatic hydroxyl groups is 1. The first-order chi connectivity index (χ1) is 8.32. The molecular formula is C15H28O3. The molecule has 0 amide bonds. The van der Waals surface area contributed by atoms with Crippen LogP contribution in [0.1, 0.15) is 53.4 Å².